The minimum Gasteiger partial charge on any atom is -0.346 e. The second-order valence-corrected chi connectivity index (χ2v) is 5.25. The van der Waals surface area contributed by atoms with Gasteiger partial charge in [0, 0.05) is 11.3 Å². The molecule has 0 saturated heterocycles. The number of nitrogens with one attached hydrogen (secondary N) is 1. The molecule has 3 N–H and O–H groups in total. The summed E-state index contributed by atoms with van der Waals surface area (Å²) in [7, 11) is 0. The van der Waals surface area contributed by atoms with Crippen LogP contribution in [0.4, 0.5) is 13.2 Å². The number of benzene rings is 1. The molecule has 0 unspecified atom stereocenters. The molecule has 0 bridgehead atoms. The van der Waals surface area contributed by atoms with Crippen LogP contribution in [0.2, 0.25) is 0 Å². The van der Waals surface area contributed by atoms with Gasteiger partial charge >= 0.3 is 0 Å². The smallest absolute Gasteiger partial charge is 0.277 e. The molecule has 1 amide bonds. The van der Waals surface area contributed by atoms with Crippen molar-refractivity contribution in [2.24, 2.45) is 5.73 Å². The van der Waals surface area contributed by atoms with E-state index in [1.54, 1.807) is 19.9 Å². The molecule has 0 radical (unpaired) electrons. The minimum atomic E-state index is -3.20. The van der Waals surface area contributed by atoms with E-state index < -0.39 is 30.7 Å². The third kappa shape index (κ3) is 4.48. The van der Waals surface area contributed by atoms with Crippen LogP contribution >= 0.6 is 12.4 Å². The highest BCUT2D eigenvalue weighted by Crippen LogP contribution is 2.18. The summed E-state index contributed by atoms with van der Waals surface area (Å²) in [4.78, 5) is 11.8. The summed E-state index contributed by atoms with van der Waals surface area (Å²) in [5.74, 6) is -4.66. The van der Waals surface area contributed by atoms with Crippen LogP contribution in [-0.2, 0) is 0 Å². The Kier molecular flexibility index (Phi) is 6.39. The van der Waals surface area contributed by atoms with Crippen molar-refractivity contribution in [3.05, 3.63) is 47.0 Å². The van der Waals surface area contributed by atoms with E-state index in [-0.39, 0.29) is 23.7 Å². The Labute approximate surface area is 143 Å². The lowest BCUT2D eigenvalue weighted by atomic mass is 10.1. The molecule has 24 heavy (non-hydrogen) atoms. The van der Waals surface area contributed by atoms with Crippen LogP contribution in [0.3, 0.4) is 0 Å². The van der Waals surface area contributed by atoms with E-state index in [1.807, 2.05) is 5.32 Å². The molecular formula is C15H18ClF3N4O. The molecule has 132 valence electrons. The van der Waals surface area contributed by atoms with Gasteiger partial charge in [0.1, 0.15) is 11.5 Å². The summed E-state index contributed by atoms with van der Waals surface area (Å²) < 4.78 is 41.7. The molecule has 9 heteroatoms. The summed E-state index contributed by atoms with van der Waals surface area (Å²) in [5, 5.41) is 6.19. The van der Waals surface area contributed by atoms with Crippen molar-refractivity contribution in [2.75, 3.05) is 13.1 Å². The van der Waals surface area contributed by atoms with Gasteiger partial charge in [0.25, 0.3) is 11.8 Å². The van der Waals surface area contributed by atoms with Crippen LogP contribution in [0.5, 0.6) is 0 Å². The summed E-state index contributed by atoms with van der Waals surface area (Å²) in [6, 6.07) is 5.51. The fourth-order valence-electron chi connectivity index (χ4n) is 2.08. The van der Waals surface area contributed by atoms with Gasteiger partial charge in [0.05, 0.1) is 18.8 Å². The molecular weight excluding hydrogens is 345 g/mol. The molecule has 0 aliphatic carbocycles. The molecule has 1 heterocycles. The number of nitrogens with two attached hydrogens (primary N) is 1. The van der Waals surface area contributed by atoms with Crippen molar-refractivity contribution in [2.45, 2.75) is 19.8 Å². The number of halogens is 4. The summed E-state index contributed by atoms with van der Waals surface area (Å²) in [6.45, 7) is 1.78. The normalized spacial score (nSPS) is 11.1. The maximum absolute atomic E-state index is 14.2. The van der Waals surface area contributed by atoms with Crippen molar-refractivity contribution in [1.29, 1.82) is 0 Å². The topological polar surface area (TPSA) is 72.9 Å². The molecule has 1 aromatic carbocycles. The molecule has 5 nitrogen and oxygen atoms in total. The molecule has 0 saturated carbocycles. The van der Waals surface area contributed by atoms with E-state index in [1.165, 1.54) is 16.8 Å². The third-order valence-corrected chi connectivity index (χ3v) is 3.25. The number of hydrogen-bond donors (Lipinski definition) is 2. The maximum Gasteiger partial charge on any atom is 0.277 e. The largest absolute Gasteiger partial charge is 0.346 e. The van der Waals surface area contributed by atoms with Crippen LogP contribution in [0.15, 0.2) is 24.3 Å². The predicted octanol–water partition coefficient (Wildman–Crippen LogP) is 2.37. The van der Waals surface area contributed by atoms with E-state index in [0.717, 1.165) is 17.5 Å². The van der Waals surface area contributed by atoms with E-state index in [9.17, 15) is 18.0 Å². The van der Waals surface area contributed by atoms with Crippen LogP contribution in [0.1, 0.15) is 21.7 Å². The van der Waals surface area contributed by atoms with Gasteiger partial charge in [-0.3, -0.25) is 4.79 Å². The lowest BCUT2D eigenvalue weighted by Crippen LogP contribution is -2.41. The number of hydrogen-bond acceptors (Lipinski definition) is 3. The van der Waals surface area contributed by atoms with Gasteiger partial charge < -0.3 is 11.1 Å². The summed E-state index contributed by atoms with van der Waals surface area (Å²) in [5.41, 5.74) is 6.48. The Bertz CT molecular complexity index is 734. The predicted molar refractivity (Wildman–Crippen MR) is 86.6 cm³/mol. The Morgan fingerprint density at radius 2 is 2.00 bits per heavy atom. The molecule has 0 aliphatic heterocycles. The highest BCUT2D eigenvalue weighted by molar-refractivity contribution is 5.94. The number of aromatic nitrogens is 2. The first-order valence-electron chi connectivity index (χ1n) is 6.93. The van der Waals surface area contributed by atoms with E-state index in [2.05, 4.69) is 5.10 Å². The molecule has 0 atom stereocenters. The second-order valence-electron chi connectivity index (χ2n) is 5.25. The molecule has 0 spiro atoms. The number of nitrogens with zero attached hydrogens (tertiary/aromatic N) is 2. The van der Waals surface area contributed by atoms with Crippen molar-refractivity contribution in [3.8, 4) is 5.69 Å². The maximum atomic E-state index is 14.2. The first-order chi connectivity index (χ1) is 10.7. The van der Waals surface area contributed by atoms with E-state index in [4.69, 9.17) is 5.73 Å². The Hall–Kier alpha value is -2.06. The van der Waals surface area contributed by atoms with Crippen LogP contribution in [-0.4, -0.2) is 34.7 Å². The first-order valence-corrected chi connectivity index (χ1v) is 6.93. The fraction of sp³-hybridized carbons (Fsp3) is 0.333. The van der Waals surface area contributed by atoms with Gasteiger partial charge in [-0.1, -0.05) is 0 Å². The zero-order valence-electron chi connectivity index (χ0n) is 13.1. The quantitative estimate of drug-likeness (QED) is 0.857. The number of aryl methyl sites for hydroxylation is 2. The third-order valence-electron chi connectivity index (χ3n) is 3.25. The van der Waals surface area contributed by atoms with Crippen molar-refractivity contribution in [1.82, 2.24) is 15.1 Å². The first kappa shape index (κ1) is 20.0. The number of carbonyl (C=O) groups is 1. The fourth-order valence-corrected chi connectivity index (χ4v) is 2.08. The van der Waals surface area contributed by atoms with Gasteiger partial charge in [-0.05, 0) is 38.1 Å². The average molecular weight is 363 g/mol. The van der Waals surface area contributed by atoms with Gasteiger partial charge in [-0.25, -0.2) is 17.9 Å². The Morgan fingerprint density at radius 3 is 2.50 bits per heavy atom. The minimum absolute atomic E-state index is 0. The number of carbonyl (C=O) groups excluding carboxylic acids is 1. The SMILES string of the molecule is Cc1cc(C)n(-c2ccc(C(=O)NCC(F)(F)CN)cc2F)n1.Cl. The second kappa shape index (κ2) is 7.67. The highest BCUT2D eigenvalue weighted by atomic mass is 35.5. The Morgan fingerprint density at radius 1 is 1.33 bits per heavy atom. The Balaban J connectivity index is 0.00000288. The highest BCUT2D eigenvalue weighted by Gasteiger charge is 2.27. The van der Waals surface area contributed by atoms with Crippen molar-refractivity contribution in [3.63, 3.8) is 0 Å². The van der Waals surface area contributed by atoms with Gasteiger partial charge in [0.15, 0.2) is 0 Å². The summed E-state index contributed by atoms with van der Waals surface area (Å²) in [6.07, 6.45) is 0. The van der Waals surface area contributed by atoms with Gasteiger partial charge in [-0.2, -0.15) is 5.10 Å². The van der Waals surface area contributed by atoms with Crippen molar-refractivity contribution >= 4 is 18.3 Å². The molecule has 0 aliphatic rings. The lowest BCUT2D eigenvalue weighted by Gasteiger charge is -2.14. The standard InChI is InChI=1S/C15H17F3N4O.ClH/c1-9-5-10(2)22(21-9)13-4-3-11(6-12(13)16)14(23)20-8-15(17,18)7-19;/h3-6H,7-8,19H2,1-2H3,(H,20,23);1H. The average Bonchev–Trinajstić information content (AvgIpc) is 2.83. The number of amides is 1. The van der Waals surface area contributed by atoms with E-state index >= 15 is 0 Å². The van der Waals surface area contributed by atoms with Crippen LogP contribution < -0.4 is 11.1 Å². The molecule has 1 aromatic heterocycles. The van der Waals surface area contributed by atoms with Gasteiger partial charge in [-0.15, -0.1) is 12.4 Å². The molecule has 2 aromatic rings. The molecule has 2 rings (SSSR count). The zero-order valence-corrected chi connectivity index (χ0v) is 14.0. The van der Waals surface area contributed by atoms with Gasteiger partial charge in [0.2, 0.25) is 0 Å². The van der Waals surface area contributed by atoms with E-state index in [0.29, 0.717) is 0 Å². The zero-order chi connectivity index (χ0) is 17.2. The van der Waals surface area contributed by atoms with Crippen LogP contribution in [0.25, 0.3) is 5.69 Å². The number of alkyl halides is 2. The molecule has 0 fully saturated rings. The van der Waals surface area contributed by atoms with Crippen LogP contribution in [0, 0.1) is 19.7 Å². The lowest BCUT2D eigenvalue weighted by molar-refractivity contribution is 0.0118. The number of rotatable bonds is 5. The van der Waals surface area contributed by atoms with Crippen molar-refractivity contribution < 1.29 is 18.0 Å². The summed E-state index contributed by atoms with van der Waals surface area (Å²) >= 11 is 0. The monoisotopic (exact) mass is 362 g/mol.